The first kappa shape index (κ1) is 16.8. The molecule has 3 aromatic rings. The molecule has 0 aliphatic rings. The SMILES string of the molecule is CC(=O)c1ccc(NC(=O)Cn2cnc(-c3cccs3)cc2=O)cc1. The zero-order valence-corrected chi connectivity index (χ0v) is 14.2. The van der Waals surface area contributed by atoms with E-state index in [9.17, 15) is 14.4 Å². The van der Waals surface area contributed by atoms with Gasteiger partial charge in [-0.3, -0.25) is 19.0 Å². The number of carbonyl (C=O) groups excluding carboxylic acids is 2. The van der Waals surface area contributed by atoms with Crippen molar-refractivity contribution in [2.75, 3.05) is 5.32 Å². The molecular weight excluding hydrogens is 338 g/mol. The summed E-state index contributed by atoms with van der Waals surface area (Å²) in [5.74, 6) is -0.385. The molecule has 6 nitrogen and oxygen atoms in total. The third-order valence-corrected chi connectivity index (χ3v) is 4.43. The van der Waals surface area contributed by atoms with Crippen LogP contribution in [0.15, 0.2) is 59.0 Å². The summed E-state index contributed by atoms with van der Waals surface area (Å²) in [4.78, 5) is 40.6. The van der Waals surface area contributed by atoms with Crippen LogP contribution in [0.1, 0.15) is 17.3 Å². The fraction of sp³-hybridized carbons (Fsp3) is 0.111. The normalized spacial score (nSPS) is 10.4. The molecule has 3 rings (SSSR count). The third-order valence-electron chi connectivity index (χ3n) is 3.54. The smallest absolute Gasteiger partial charge is 0.254 e. The van der Waals surface area contributed by atoms with Crippen molar-refractivity contribution in [2.45, 2.75) is 13.5 Å². The van der Waals surface area contributed by atoms with Crippen molar-refractivity contribution in [2.24, 2.45) is 0 Å². The molecule has 0 radical (unpaired) electrons. The highest BCUT2D eigenvalue weighted by atomic mass is 32.1. The Balaban J connectivity index is 1.68. The zero-order chi connectivity index (χ0) is 17.8. The molecule has 0 unspecified atom stereocenters. The van der Waals surface area contributed by atoms with Gasteiger partial charge in [0.2, 0.25) is 5.91 Å². The monoisotopic (exact) mass is 353 g/mol. The van der Waals surface area contributed by atoms with Gasteiger partial charge < -0.3 is 5.32 Å². The van der Waals surface area contributed by atoms with Gasteiger partial charge in [-0.1, -0.05) is 6.07 Å². The lowest BCUT2D eigenvalue weighted by atomic mass is 10.1. The van der Waals surface area contributed by atoms with Crippen molar-refractivity contribution in [3.8, 4) is 10.6 Å². The standard InChI is InChI=1S/C18H15N3O3S/c1-12(22)13-4-6-14(7-5-13)20-17(23)10-21-11-19-15(9-18(21)24)16-3-2-8-25-16/h2-9,11H,10H2,1H3,(H,20,23). The van der Waals surface area contributed by atoms with Gasteiger partial charge >= 0.3 is 0 Å². The number of Topliss-reactive ketones (excluding diaryl/α,β-unsaturated/α-hetero) is 1. The second kappa shape index (κ2) is 7.23. The first-order valence-corrected chi connectivity index (χ1v) is 8.42. The summed E-state index contributed by atoms with van der Waals surface area (Å²) in [5.41, 5.74) is 1.44. The highest BCUT2D eigenvalue weighted by Gasteiger charge is 2.08. The van der Waals surface area contributed by atoms with Crippen LogP contribution in [-0.2, 0) is 11.3 Å². The molecule has 0 aliphatic carbocycles. The Morgan fingerprint density at radius 2 is 1.96 bits per heavy atom. The van der Waals surface area contributed by atoms with Crippen molar-refractivity contribution in [1.82, 2.24) is 9.55 Å². The van der Waals surface area contributed by atoms with Crippen LogP contribution in [-0.4, -0.2) is 21.2 Å². The van der Waals surface area contributed by atoms with Crippen LogP contribution in [0.2, 0.25) is 0 Å². The summed E-state index contributed by atoms with van der Waals surface area (Å²) < 4.78 is 1.25. The molecule has 0 spiro atoms. The lowest BCUT2D eigenvalue weighted by molar-refractivity contribution is -0.116. The number of hydrogen-bond acceptors (Lipinski definition) is 5. The number of hydrogen-bond donors (Lipinski definition) is 1. The average Bonchev–Trinajstić information content (AvgIpc) is 3.11. The Morgan fingerprint density at radius 1 is 1.20 bits per heavy atom. The molecule has 0 fully saturated rings. The second-order valence-electron chi connectivity index (χ2n) is 5.40. The van der Waals surface area contributed by atoms with E-state index >= 15 is 0 Å². The number of aromatic nitrogens is 2. The second-order valence-corrected chi connectivity index (χ2v) is 6.35. The zero-order valence-electron chi connectivity index (χ0n) is 13.4. The highest BCUT2D eigenvalue weighted by Crippen LogP contribution is 2.20. The predicted octanol–water partition coefficient (Wildman–Crippen LogP) is 2.81. The van der Waals surface area contributed by atoms with Crippen LogP contribution in [0.25, 0.3) is 10.6 Å². The number of nitrogens with zero attached hydrogens (tertiary/aromatic N) is 2. The van der Waals surface area contributed by atoms with Crippen LogP contribution >= 0.6 is 11.3 Å². The molecule has 0 bridgehead atoms. The van der Waals surface area contributed by atoms with Gasteiger partial charge in [-0.15, -0.1) is 11.3 Å². The highest BCUT2D eigenvalue weighted by molar-refractivity contribution is 7.13. The minimum absolute atomic E-state index is 0.0404. The largest absolute Gasteiger partial charge is 0.325 e. The number of rotatable bonds is 5. The minimum Gasteiger partial charge on any atom is -0.325 e. The van der Waals surface area contributed by atoms with Crippen molar-refractivity contribution >= 4 is 28.7 Å². The maximum absolute atomic E-state index is 12.2. The molecule has 2 aromatic heterocycles. The van der Waals surface area contributed by atoms with E-state index in [1.54, 1.807) is 24.3 Å². The lowest BCUT2D eigenvalue weighted by Crippen LogP contribution is -2.27. The van der Waals surface area contributed by atoms with Crippen LogP contribution in [0.3, 0.4) is 0 Å². The summed E-state index contributed by atoms with van der Waals surface area (Å²) in [6.45, 7) is 1.35. The van der Waals surface area contributed by atoms with Crippen molar-refractivity contribution in [3.63, 3.8) is 0 Å². The molecule has 126 valence electrons. The maximum atomic E-state index is 12.2. The van der Waals surface area contributed by atoms with Crippen LogP contribution in [0.5, 0.6) is 0 Å². The lowest BCUT2D eigenvalue weighted by Gasteiger charge is -2.08. The molecule has 1 N–H and O–H groups in total. The van der Waals surface area contributed by atoms with Crippen LogP contribution in [0, 0.1) is 0 Å². The van der Waals surface area contributed by atoms with Gasteiger partial charge in [0.15, 0.2) is 5.78 Å². The van der Waals surface area contributed by atoms with E-state index in [-0.39, 0.29) is 23.8 Å². The van der Waals surface area contributed by atoms with Gasteiger partial charge in [-0.25, -0.2) is 4.98 Å². The molecule has 0 saturated heterocycles. The van der Waals surface area contributed by atoms with E-state index in [1.165, 1.54) is 35.2 Å². The van der Waals surface area contributed by atoms with Crippen molar-refractivity contribution < 1.29 is 9.59 Å². The molecule has 0 saturated carbocycles. The fourth-order valence-corrected chi connectivity index (χ4v) is 2.94. The number of benzene rings is 1. The van der Waals surface area contributed by atoms with Gasteiger partial charge in [0.05, 0.1) is 16.9 Å². The summed E-state index contributed by atoms with van der Waals surface area (Å²) in [6, 6.07) is 11.8. The van der Waals surface area contributed by atoms with Crippen LogP contribution < -0.4 is 10.9 Å². The molecule has 1 aromatic carbocycles. The Kier molecular flexibility index (Phi) is 4.85. The number of amides is 1. The molecule has 25 heavy (non-hydrogen) atoms. The van der Waals surface area contributed by atoms with E-state index in [0.29, 0.717) is 16.9 Å². The molecule has 1 amide bonds. The Morgan fingerprint density at radius 3 is 2.56 bits per heavy atom. The van der Waals surface area contributed by atoms with E-state index < -0.39 is 0 Å². The number of nitrogens with one attached hydrogen (secondary N) is 1. The molecular formula is C18H15N3O3S. The topological polar surface area (TPSA) is 81.1 Å². The minimum atomic E-state index is -0.344. The Labute approximate surface area is 147 Å². The molecule has 0 aliphatic heterocycles. The van der Waals surface area contributed by atoms with Gasteiger partial charge in [0.25, 0.3) is 5.56 Å². The predicted molar refractivity (Wildman–Crippen MR) is 96.9 cm³/mol. The van der Waals surface area contributed by atoms with Crippen molar-refractivity contribution in [3.05, 3.63) is 70.1 Å². The third kappa shape index (κ3) is 4.07. The number of carbonyl (C=O) groups is 2. The van der Waals surface area contributed by atoms with E-state index in [1.807, 2.05) is 17.5 Å². The number of thiophene rings is 1. The quantitative estimate of drug-likeness (QED) is 0.715. The first-order chi connectivity index (χ1) is 12.0. The van der Waals surface area contributed by atoms with E-state index in [0.717, 1.165) is 4.88 Å². The maximum Gasteiger partial charge on any atom is 0.254 e. The Bertz CT molecular complexity index is 960. The number of ketones is 1. The van der Waals surface area contributed by atoms with Gasteiger partial charge in [-0.2, -0.15) is 0 Å². The van der Waals surface area contributed by atoms with Crippen LogP contribution in [0.4, 0.5) is 5.69 Å². The Hall–Kier alpha value is -3.06. The van der Waals surface area contributed by atoms with E-state index in [2.05, 4.69) is 10.3 Å². The fourth-order valence-electron chi connectivity index (χ4n) is 2.25. The van der Waals surface area contributed by atoms with Crippen molar-refractivity contribution in [1.29, 1.82) is 0 Å². The molecule has 2 heterocycles. The van der Waals surface area contributed by atoms with Gasteiger partial charge in [-0.05, 0) is 42.6 Å². The average molecular weight is 353 g/mol. The number of anilines is 1. The molecule has 0 atom stereocenters. The van der Waals surface area contributed by atoms with Gasteiger partial charge in [0, 0.05) is 17.3 Å². The van der Waals surface area contributed by atoms with E-state index in [4.69, 9.17) is 0 Å². The summed E-state index contributed by atoms with van der Waals surface area (Å²) in [6.07, 6.45) is 1.37. The van der Waals surface area contributed by atoms with Gasteiger partial charge in [0.1, 0.15) is 6.54 Å². The molecule has 7 heteroatoms. The summed E-state index contributed by atoms with van der Waals surface area (Å²) in [5, 5.41) is 4.60. The summed E-state index contributed by atoms with van der Waals surface area (Å²) in [7, 11) is 0. The summed E-state index contributed by atoms with van der Waals surface area (Å²) >= 11 is 1.50. The first-order valence-electron chi connectivity index (χ1n) is 7.54.